The number of rotatable bonds is 2. The van der Waals surface area contributed by atoms with Gasteiger partial charge in [-0.15, -0.1) is 11.3 Å². The van der Waals surface area contributed by atoms with Gasteiger partial charge in [0, 0.05) is 42.2 Å². The van der Waals surface area contributed by atoms with E-state index in [1.807, 2.05) is 17.0 Å². The molecule has 104 valence electrons. The summed E-state index contributed by atoms with van der Waals surface area (Å²) in [7, 11) is 0. The zero-order chi connectivity index (χ0) is 13.9. The number of aromatic nitrogens is 2. The lowest BCUT2D eigenvalue weighted by atomic mass is 10.3. The van der Waals surface area contributed by atoms with Crippen LogP contribution in [-0.4, -0.2) is 47.0 Å². The normalized spacial score (nSPS) is 15.4. The molecule has 1 amide bonds. The molecule has 1 aliphatic rings. The Morgan fingerprint density at radius 3 is 2.60 bits per heavy atom. The SMILES string of the molecule is O=C(c1cscn1)N1CCN(c2ccc(Br)cn2)CC1. The van der Waals surface area contributed by atoms with Gasteiger partial charge in [-0.05, 0) is 28.1 Å². The Balaban J connectivity index is 1.62. The molecular formula is C13H13BrN4OS. The number of amides is 1. The van der Waals surface area contributed by atoms with E-state index >= 15 is 0 Å². The zero-order valence-electron chi connectivity index (χ0n) is 10.7. The van der Waals surface area contributed by atoms with Gasteiger partial charge in [0.05, 0.1) is 5.51 Å². The second-order valence-corrected chi connectivity index (χ2v) is 6.12. The summed E-state index contributed by atoms with van der Waals surface area (Å²) < 4.78 is 0.971. The summed E-state index contributed by atoms with van der Waals surface area (Å²) in [6, 6.07) is 3.97. The zero-order valence-corrected chi connectivity index (χ0v) is 13.1. The second-order valence-electron chi connectivity index (χ2n) is 4.49. The fraction of sp³-hybridized carbons (Fsp3) is 0.308. The van der Waals surface area contributed by atoms with Crippen LogP contribution in [0.3, 0.4) is 0 Å². The van der Waals surface area contributed by atoms with Gasteiger partial charge in [0.2, 0.25) is 0 Å². The molecule has 0 radical (unpaired) electrons. The second kappa shape index (κ2) is 5.88. The lowest BCUT2D eigenvalue weighted by Gasteiger charge is -2.35. The van der Waals surface area contributed by atoms with Gasteiger partial charge >= 0.3 is 0 Å². The van der Waals surface area contributed by atoms with Crippen molar-refractivity contribution < 1.29 is 4.79 Å². The molecule has 1 fully saturated rings. The number of thiazole rings is 1. The number of halogens is 1. The maximum Gasteiger partial charge on any atom is 0.273 e. The molecule has 0 N–H and O–H groups in total. The summed E-state index contributed by atoms with van der Waals surface area (Å²) in [5, 5.41) is 1.80. The monoisotopic (exact) mass is 352 g/mol. The summed E-state index contributed by atoms with van der Waals surface area (Å²) in [5.74, 6) is 0.976. The quantitative estimate of drug-likeness (QED) is 0.831. The number of pyridine rings is 1. The van der Waals surface area contributed by atoms with Crippen molar-refractivity contribution in [2.75, 3.05) is 31.1 Å². The number of piperazine rings is 1. The average molecular weight is 353 g/mol. The van der Waals surface area contributed by atoms with Crippen LogP contribution in [0.15, 0.2) is 33.7 Å². The molecule has 0 atom stereocenters. The topological polar surface area (TPSA) is 49.3 Å². The lowest BCUT2D eigenvalue weighted by molar-refractivity contribution is 0.0741. The van der Waals surface area contributed by atoms with Crippen molar-refractivity contribution in [2.45, 2.75) is 0 Å². The highest BCUT2D eigenvalue weighted by molar-refractivity contribution is 9.10. The van der Waals surface area contributed by atoms with E-state index in [0.717, 1.165) is 23.4 Å². The van der Waals surface area contributed by atoms with E-state index in [1.165, 1.54) is 11.3 Å². The predicted molar refractivity (Wildman–Crippen MR) is 82.2 cm³/mol. The maximum absolute atomic E-state index is 12.2. The fourth-order valence-corrected chi connectivity index (χ4v) is 2.93. The Kier molecular flexibility index (Phi) is 3.98. The number of hydrogen-bond acceptors (Lipinski definition) is 5. The minimum atomic E-state index is 0.0228. The molecule has 3 heterocycles. The van der Waals surface area contributed by atoms with Crippen molar-refractivity contribution in [3.8, 4) is 0 Å². The summed E-state index contributed by atoms with van der Waals surface area (Å²) in [6.45, 7) is 3.00. The Hall–Kier alpha value is -1.47. The molecule has 0 spiro atoms. The van der Waals surface area contributed by atoms with Crippen molar-refractivity contribution >= 4 is 39.0 Å². The molecule has 0 unspecified atom stereocenters. The predicted octanol–water partition coefficient (Wildman–Crippen LogP) is 2.26. The molecule has 1 saturated heterocycles. The van der Waals surface area contributed by atoms with Crippen molar-refractivity contribution in [1.82, 2.24) is 14.9 Å². The molecule has 0 aromatic carbocycles. The molecule has 20 heavy (non-hydrogen) atoms. The van der Waals surface area contributed by atoms with E-state index in [9.17, 15) is 4.79 Å². The Morgan fingerprint density at radius 1 is 1.20 bits per heavy atom. The third kappa shape index (κ3) is 2.83. The molecule has 1 aliphatic heterocycles. The Morgan fingerprint density at radius 2 is 2.00 bits per heavy atom. The smallest absolute Gasteiger partial charge is 0.273 e. The van der Waals surface area contributed by atoms with Crippen molar-refractivity contribution in [3.63, 3.8) is 0 Å². The van der Waals surface area contributed by atoms with Crippen LogP contribution in [0.5, 0.6) is 0 Å². The van der Waals surface area contributed by atoms with E-state index in [0.29, 0.717) is 18.8 Å². The molecule has 5 nitrogen and oxygen atoms in total. The van der Waals surface area contributed by atoms with Crippen LogP contribution in [0, 0.1) is 0 Å². The molecule has 2 aromatic heterocycles. The van der Waals surface area contributed by atoms with E-state index in [4.69, 9.17) is 0 Å². The fourth-order valence-electron chi connectivity index (χ4n) is 2.17. The van der Waals surface area contributed by atoms with E-state index in [-0.39, 0.29) is 5.91 Å². The number of carbonyl (C=O) groups excluding carboxylic acids is 1. The van der Waals surface area contributed by atoms with Gasteiger partial charge in [-0.3, -0.25) is 4.79 Å². The maximum atomic E-state index is 12.2. The van der Waals surface area contributed by atoms with Crippen molar-refractivity contribution in [3.05, 3.63) is 39.4 Å². The van der Waals surface area contributed by atoms with E-state index in [1.54, 1.807) is 17.1 Å². The van der Waals surface area contributed by atoms with Crippen LogP contribution in [0.1, 0.15) is 10.5 Å². The number of hydrogen-bond donors (Lipinski definition) is 0. The standard InChI is InChI=1S/C13H13BrN4OS/c14-10-1-2-12(15-7-10)17-3-5-18(6-4-17)13(19)11-8-20-9-16-11/h1-2,7-9H,3-6H2. The minimum absolute atomic E-state index is 0.0228. The summed E-state index contributed by atoms with van der Waals surface area (Å²) in [5.41, 5.74) is 2.24. The highest BCUT2D eigenvalue weighted by atomic mass is 79.9. The molecule has 0 aliphatic carbocycles. The third-order valence-corrected chi connectivity index (χ3v) is 4.31. The van der Waals surface area contributed by atoms with Crippen molar-refractivity contribution in [1.29, 1.82) is 0 Å². The first-order chi connectivity index (χ1) is 9.74. The number of carbonyl (C=O) groups is 1. The number of nitrogens with zero attached hydrogens (tertiary/aromatic N) is 4. The Bertz CT molecular complexity index is 579. The van der Waals surface area contributed by atoms with E-state index < -0.39 is 0 Å². The van der Waals surface area contributed by atoms with Crippen LogP contribution in [0.2, 0.25) is 0 Å². The lowest BCUT2D eigenvalue weighted by Crippen LogP contribution is -2.49. The molecular weight excluding hydrogens is 340 g/mol. The Labute approximate surface area is 129 Å². The van der Waals surface area contributed by atoms with Gasteiger partial charge < -0.3 is 9.80 Å². The van der Waals surface area contributed by atoms with Gasteiger partial charge in [0.25, 0.3) is 5.91 Å². The van der Waals surface area contributed by atoms with Gasteiger partial charge in [0.15, 0.2) is 0 Å². The van der Waals surface area contributed by atoms with Crippen LogP contribution < -0.4 is 4.90 Å². The molecule has 0 saturated carbocycles. The van der Waals surface area contributed by atoms with Gasteiger partial charge in [0.1, 0.15) is 11.5 Å². The molecule has 2 aromatic rings. The highest BCUT2D eigenvalue weighted by Gasteiger charge is 2.23. The molecule has 0 bridgehead atoms. The largest absolute Gasteiger partial charge is 0.353 e. The first-order valence-corrected chi connectivity index (χ1v) is 8.01. The third-order valence-electron chi connectivity index (χ3n) is 3.25. The van der Waals surface area contributed by atoms with Crippen LogP contribution >= 0.6 is 27.3 Å². The summed E-state index contributed by atoms with van der Waals surface area (Å²) >= 11 is 4.83. The van der Waals surface area contributed by atoms with Crippen LogP contribution in [0.4, 0.5) is 5.82 Å². The molecule has 7 heteroatoms. The van der Waals surface area contributed by atoms with Crippen LogP contribution in [-0.2, 0) is 0 Å². The highest BCUT2D eigenvalue weighted by Crippen LogP contribution is 2.17. The minimum Gasteiger partial charge on any atom is -0.353 e. The molecule has 3 rings (SSSR count). The van der Waals surface area contributed by atoms with Gasteiger partial charge in [-0.2, -0.15) is 0 Å². The van der Waals surface area contributed by atoms with Gasteiger partial charge in [-0.1, -0.05) is 0 Å². The van der Waals surface area contributed by atoms with Crippen LogP contribution in [0.25, 0.3) is 0 Å². The van der Waals surface area contributed by atoms with E-state index in [2.05, 4.69) is 30.8 Å². The van der Waals surface area contributed by atoms with Gasteiger partial charge in [-0.25, -0.2) is 9.97 Å². The first kappa shape index (κ1) is 13.5. The number of anilines is 1. The average Bonchev–Trinajstić information content (AvgIpc) is 3.02. The first-order valence-electron chi connectivity index (χ1n) is 6.28. The summed E-state index contributed by atoms with van der Waals surface area (Å²) in [4.78, 5) is 24.7. The van der Waals surface area contributed by atoms with Crippen molar-refractivity contribution in [2.24, 2.45) is 0 Å². The summed E-state index contributed by atoms with van der Waals surface area (Å²) in [6.07, 6.45) is 1.79.